The lowest BCUT2D eigenvalue weighted by atomic mass is 10.2. The van der Waals surface area contributed by atoms with Crippen LogP contribution in [0.2, 0.25) is 0 Å². The van der Waals surface area contributed by atoms with Crippen molar-refractivity contribution >= 4 is 33.7 Å². The van der Waals surface area contributed by atoms with Crippen LogP contribution in [-0.4, -0.2) is 15.4 Å². The Bertz CT molecular complexity index is 560. The van der Waals surface area contributed by atoms with Gasteiger partial charge in [0.1, 0.15) is 10.8 Å². The zero-order valence-corrected chi connectivity index (χ0v) is 12.1. The van der Waals surface area contributed by atoms with E-state index in [-0.39, 0.29) is 0 Å². The van der Waals surface area contributed by atoms with Crippen molar-refractivity contribution in [3.63, 3.8) is 0 Å². The third kappa shape index (κ3) is 2.10. The van der Waals surface area contributed by atoms with Crippen molar-refractivity contribution in [1.82, 2.24) is 9.36 Å². The number of thiazole rings is 1. The van der Waals surface area contributed by atoms with Crippen molar-refractivity contribution in [3.8, 4) is 11.3 Å². The average molecular weight is 280 g/mol. The molecule has 96 valence electrons. The van der Waals surface area contributed by atoms with Crippen LogP contribution in [0, 0.1) is 12.8 Å². The molecule has 0 spiro atoms. The number of aryl methyl sites for hydroxylation is 1. The zero-order chi connectivity index (χ0) is 12.7. The van der Waals surface area contributed by atoms with Crippen molar-refractivity contribution in [1.29, 1.82) is 0 Å². The Morgan fingerprint density at radius 3 is 3.00 bits per heavy atom. The van der Waals surface area contributed by atoms with Crippen LogP contribution in [0.4, 0.5) is 10.8 Å². The first-order valence-electron chi connectivity index (χ1n) is 6.13. The number of hydrogen-bond donors (Lipinski definition) is 2. The zero-order valence-electron chi connectivity index (χ0n) is 10.4. The molecule has 1 fully saturated rings. The van der Waals surface area contributed by atoms with Gasteiger partial charge in [-0.3, -0.25) is 0 Å². The van der Waals surface area contributed by atoms with Crippen LogP contribution in [0.5, 0.6) is 0 Å². The largest absolute Gasteiger partial charge is 0.382 e. The number of hydrogen-bond acceptors (Lipinski definition) is 6. The Labute approximate surface area is 114 Å². The summed E-state index contributed by atoms with van der Waals surface area (Å²) in [5.41, 5.74) is 7.89. The molecule has 3 N–H and O–H groups in total. The smallest absolute Gasteiger partial charge is 0.148 e. The summed E-state index contributed by atoms with van der Waals surface area (Å²) in [5.74, 6) is 1.39. The molecule has 2 atom stereocenters. The van der Waals surface area contributed by atoms with Gasteiger partial charge in [-0.2, -0.15) is 4.37 Å². The molecule has 0 bridgehead atoms. The monoisotopic (exact) mass is 280 g/mol. The standard InChI is InChI=1S/C12H16N4S2/c1-3-7-4-8(7)15-12-10(11(13)16-18-12)9-5-17-6(2)14-9/h5,7-8,15H,3-4H2,1-2H3,(H2,13,16). The first-order chi connectivity index (χ1) is 8.69. The third-order valence-corrected chi connectivity index (χ3v) is 4.92. The van der Waals surface area contributed by atoms with Crippen molar-refractivity contribution in [3.05, 3.63) is 10.4 Å². The fourth-order valence-electron chi connectivity index (χ4n) is 2.17. The van der Waals surface area contributed by atoms with E-state index in [1.807, 2.05) is 12.3 Å². The minimum absolute atomic E-state index is 0.585. The predicted molar refractivity (Wildman–Crippen MR) is 78.2 cm³/mol. The minimum atomic E-state index is 0.585. The highest BCUT2D eigenvalue weighted by Crippen LogP contribution is 2.42. The summed E-state index contributed by atoms with van der Waals surface area (Å²) in [6.45, 7) is 4.24. The van der Waals surface area contributed by atoms with Crippen molar-refractivity contribution in [2.75, 3.05) is 11.1 Å². The summed E-state index contributed by atoms with van der Waals surface area (Å²) in [6.07, 6.45) is 2.49. The number of rotatable bonds is 4. The molecular formula is C12H16N4S2. The normalized spacial score (nSPS) is 22.1. The lowest BCUT2D eigenvalue weighted by Gasteiger charge is -2.04. The van der Waals surface area contributed by atoms with Gasteiger partial charge < -0.3 is 11.1 Å². The van der Waals surface area contributed by atoms with E-state index in [0.717, 1.165) is 27.2 Å². The molecule has 0 saturated heterocycles. The quantitative estimate of drug-likeness (QED) is 0.901. The van der Waals surface area contributed by atoms with Crippen molar-refractivity contribution in [2.45, 2.75) is 32.7 Å². The molecule has 6 heteroatoms. The Hall–Kier alpha value is -1.14. The van der Waals surface area contributed by atoms with Crippen LogP contribution in [-0.2, 0) is 0 Å². The lowest BCUT2D eigenvalue weighted by Crippen LogP contribution is -2.04. The highest BCUT2D eigenvalue weighted by Gasteiger charge is 2.36. The Morgan fingerprint density at radius 2 is 2.39 bits per heavy atom. The maximum atomic E-state index is 5.97. The van der Waals surface area contributed by atoms with E-state index in [9.17, 15) is 0 Å². The summed E-state index contributed by atoms with van der Waals surface area (Å²) < 4.78 is 4.26. The van der Waals surface area contributed by atoms with Gasteiger partial charge in [-0.15, -0.1) is 11.3 Å². The van der Waals surface area contributed by atoms with Gasteiger partial charge in [0.25, 0.3) is 0 Å². The Kier molecular flexibility index (Phi) is 2.99. The molecule has 0 amide bonds. The molecule has 0 aromatic carbocycles. The molecule has 1 aliphatic carbocycles. The van der Waals surface area contributed by atoms with E-state index in [0.29, 0.717) is 11.9 Å². The molecule has 0 radical (unpaired) electrons. The van der Waals surface area contributed by atoms with E-state index in [1.165, 1.54) is 24.4 Å². The summed E-state index contributed by atoms with van der Waals surface area (Å²) in [7, 11) is 0. The van der Waals surface area contributed by atoms with Crippen LogP contribution in [0.3, 0.4) is 0 Å². The lowest BCUT2D eigenvalue weighted by molar-refractivity contribution is 0.775. The first kappa shape index (κ1) is 11.9. The minimum Gasteiger partial charge on any atom is -0.382 e. The molecular weight excluding hydrogens is 264 g/mol. The molecule has 4 nitrogen and oxygen atoms in total. The fourth-order valence-corrected chi connectivity index (χ4v) is 3.56. The molecule has 1 saturated carbocycles. The van der Waals surface area contributed by atoms with Gasteiger partial charge in [0, 0.05) is 11.4 Å². The van der Waals surface area contributed by atoms with Crippen LogP contribution in [0.25, 0.3) is 11.3 Å². The average Bonchev–Trinajstić information content (AvgIpc) is 2.81. The van der Waals surface area contributed by atoms with Gasteiger partial charge in [-0.1, -0.05) is 13.3 Å². The topological polar surface area (TPSA) is 63.8 Å². The second kappa shape index (κ2) is 4.51. The van der Waals surface area contributed by atoms with Crippen molar-refractivity contribution in [2.24, 2.45) is 5.92 Å². The van der Waals surface area contributed by atoms with Gasteiger partial charge in [0.15, 0.2) is 0 Å². The number of nitrogens with zero attached hydrogens (tertiary/aromatic N) is 2. The van der Waals surface area contributed by atoms with Crippen LogP contribution in [0.1, 0.15) is 24.8 Å². The van der Waals surface area contributed by atoms with Crippen LogP contribution >= 0.6 is 22.9 Å². The fraction of sp³-hybridized carbons (Fsp3) is 0.500. The molecule has 2 aromatic heterocycles. The number of nitrogens with two attached hydrogens (primary N) is 1. The second-order valence-corrected chi connectivity index (χ2v) is 6.51. The maximum absolute atomic E-state index is 5.97. The van der Waals surface area contributed by atoms with Gasteiger partial charge in [0.2, 0.25) is 0 Å². The molecule has 3 rings (SSSR count). The van der Waals surface area contributed by atoms with E-state index in [1.54, 1.807) is 11.3 Å². The maximum Gasteiger partial charge on any atom is 0.148 e. The Morgan fingerprint density at radius 1 is 1.56 bits per heavy atom. The first-order valence-corrected chi connectivity index (χ1v) is 7.78. The van der Waals surface area contributed by atoms with Gasteiger partial charge in [-0.05, 0) is 30.8 Å². The van der Waals surface area contributed by atoms with Gasteiger partial charge in [0.05, 0.1) is 16.3 Å². The third-order valence-electron chi connectivity index (χ3n) is 3.36. The molecule has 2 unspecified atom stereocenters. The highest BCUT2D eigenvalue weighted by atomic mass is 32.1. The highest BCUT2D eigenvalue weighted by molar-refractivity contribution is 7.11. The summed E-state index contributed by atoms with van der Waals surface area (Å²) in [6, 6.07) is 0.591. The summed E-state index contributed by atoms with van der Waals surface area (Å²) in [4.78, 5) is 4.51. The Balaban J connectivity index is 1.87. The van der Waals surface area contributed by atoms with Gasteiger partial charge >= 0.3 is 0 Å². The summed E-state index contributed by atoms with van der Waals surface area (Å²) >= 11 is 3.08. The van der Waals surface area contributed by atoms with Crippen LogP contribution < -0.4 is 11.1 Å². The number of aromatic nitrogens is 2. The van der Waals surface area contributed by atoms with E-state index in [2.05, 4.69) is 21.6 Å². The van der Waals surface area contributed by atoms with E-state index < -0.39 is 0 Å². The molecule has 0 aliphatic heterocycles. The summed E-state index contributed by atoms with van der Waals surface area (Å²) in [5, 5.41) is 7.72. The van der Waals surface area contributed by atoms with Crippen LogP contribution in [0.15, 0.2) is 5.38 Å². The molecule has 18 heavy (non-hydrogen) atoms. The number of nitrogens with one attached hydrogen (secondary N) is 1. The molecule has 2 heterocycles. The number of nitrogen functional groups attached to an aromatic ring is 1. The SMILES string of the molecule is CCC1CC1Nc1snc(N)c1-c1csc(C)n1. The van der Waals surface area contributed by atoms with E-state index in [4.69, 9.17) is 5.73 Å². The van der Waals surface area contributed by atoms with Gasteiger partial charge in [-0.25, -0.2) is 4.98 Å². The molecule has 1 aliphatic rings. The predicted octanol–water partition coefficient (Wildman–Crippen LogP) is 3.37. The second-order valence-electron chi connectivity index (χ2n) is 4.68. The molecule has 2 aromatic rings. The number of anilines is 2. The van der Waals surface area contributed by atoms with Crippen molar-refractivity contribution < 1.29 is 0 Å². The van der Waals surface area contributed by atoms with E-state index >= 15 is 0 Å².